The highest BCUT2D eigenvalue weighted by Crippen LogP contribution is 2.26. The van der Waals surface area contributed by atoms with Crippen molar-refractivity contribution in [2.45, 2.75) is 6.92 Å². The Morgan fingerprint density at radius 3 is 2.93 bits per heavy atom. The fraction of sp³-hybridized carbons (Fsp3) is 0.105. The fourth-order valence-electron chi connectivity index (χ4n) is 2.67. The van der Waals surface area contributed by atoms with Crippen LogP contribution in [-0.2, 0) is 9.53 Å². The number of pyridine rings is 1. The van der Waals surface area contributed by atoms with Crippen molar-refractivity contribution in [2.24, 2.45) is 0 Å². The molecule has 0 radical (unpaired) electrons. The first-order chi connectivity index (χ1) is 13.6. The van der Waals surface area contributed by atoms with Gasteiger partial charge in [-0.15, -0.1) is 0 Å². The van der Waals surface area contributed by atoms with E-state index >= 15 is 0 Å². The van der Waals surface area contributed by atoms with E-state index in [0.717, 1.165) is 5.56 Å². The number of nitrogens with zero attached hydrogens (tertiary/aromatic N) is 4. The largest absolute Gasteiger partial charge is 0.490 e. The standard InChI is InChI=1S/C19H15N5O3S/c1-2-27-15-9-11(5-6-14(15)25)8-13-16(20)24-19(22-17(13)26)28-18(23-24)12-4-3-7-21-10-12/h3-10H,2,20H2,1H3/b11-8+. The van der Waals surface area contributed by atoms with Gasteiger partial charge >= 0.3 is 0 Å². The zero-order valence-corrected chi connectivity index (χ0v) is 15.6. The van der Waals surface area contributed by atoms with Gasteiger partial charge in [0.2, 0.25) is 10.7 Å². The number of aromatic nitrogens is 4. The van der Waals surface area contributed by atoms with Gasteiger partial charge < -0.3 is 10.5 Å². The van der Waals surface area contributed by atoms with Crippen molar-refractivity contribution in [2.75, 3.05) is 12.3 Å². The van der Waals surface area contributed by atoms with Gasteiger partial charge in [0.25, 0.3) is 5.56 Å². The van der Waals surface area contributed by atoms with E-state index in [4.69, 9.17) is 10.5 Å². The summed E-state index contributed by atoms with van der Waals surface area (Å²) >= 11 is 1.25. The van der Waals surface area contributed by atoms with Crippen molar-refractivity contribution < 1.29 is 9.53 Å². The van der Waals surface area contributed by atoms with Crippen LogP contribution in [0.3, 0.4) is 0 Å². The second-order valence-corrected chi connectivity index (χ2v) is 6.80. The summed E-state index contributed by atoms with van der Waals surface area (Å²) in [5.74, 6) is 0.167. The van der Waals surface area contributed by atoms with Crippen molar-refractivity contribution in [3.8, 4) is 10.6 Å². The third-order valence-corrected chi connectivity index (χ3v) is 4.94. The molecule has 0 unspecified atom stereocenters. The average Bonchev–Trinajstić information content (AvgIpc) is 3.12. The predicted molar refractivity (Wildman–Crippen MR) is 107 cm³/mol. The van der Waals surface area contributed by atoms with Crippen LogP contribution < -0.4 is 11.3 Å². The number of carbonyl (C=O) groups excluding carboxylic acids is 1. The third-order valence-electron chi connectivity index (χ3n) is 3.98. The molecule has 1 aliphatic carbocycles. The molecule has 0 fully saturated rings. The lowest BCUT2D eigenvalue weighted by atomic mass is 10.0. The SMILES string of the molecule is CCOC1=C/C(=C/c2c(N)n3nc(-c4cccnc4)sc3nc2=O)C=CC1=O. The quantitative estimate of drug-likeness (QED) is 0.723. The Bertz CT molecular complexity index is 1220. The molecule has 2 N–H and O–H groups in total. The molecule has 8 nitrogen and oxygen atoms in total. The van der Waals surface area contributed by atoms with Gasteiger partial charge in [0.1, 0.15) is 10.8 Å². The second-order valence-electron chi connectivity index (χ2n) is 5.84. The van der Waals surface area contributed by atoms with Crippen molar-refractivity contribution in [3.05, 3.63) is 70.0 Å². The predicted octanol–water partition coefficient (Wildman–Crippen LogP) is 2.24. The number of ketones is 1. The van der Waals surface area contributed by atoms with Crippen LogP contribution in [0.4, 0.5) is 5.82 Å². The lowest BCUT2D eigenvalue weighted by Gasteiger charge is -2.10. The van der Waals surface area contributed by atoms with Gasteiger partial charge in [-0.2, -0.15) is 14.6 Å². The summed E-state index contributed by atoms with van der Waals surface area (Å²) in [7, 11) is 0. The molecular formula is C19H15N5O3S. The summed E-state index contributed by atoms with van der Waals surface area (Å²) in [5.41, 5.74) is 7.36. The molecular weight excluding hydrogens is 378 g/mol. The molecule has 0 aromatic carbocycles. The van der Waals surface area contributed by atoms with Crippen LogP contribution in [0.25, 0.3) is 21.6 Å². The molecule has 9 heteroatoms. The molecule has 4 rings (SSSR count). The lowest BCUT2D eigenvalue weighted by molar-refractivity contribution is -0.114. The number of allylic oxidation sites excluding steroid dienone is 4. The van der Waals surface area contributed by atoms with E-state index in [1.807, 2.05) is 6.07 Å². The number of hydrogen-bond donors (Lipinski definition) is 1. The number of carbonyl (C=O) groups is 1. The molecule has 3 heterocycles. The van der Waals surface area contributed by atoms with Crippen LogP contribution in [0.1, 0.15) is 12.5 Å². The van der Waals surface area contributed by atoms with Crippen LogP contribution in [0.15, 0.2) is 58.9 Å². The smallest absolute Gasteiger partial charge is 0.283 e. The molecule has 140 valence electrons. The Hall–Kier alpha value is -3.59. The molecule has 0 bridgehead atoms. The molecule has 3 aromatic rings. The lowest BCUT2D eigenvalue weighted by Crippen LogP contribution is -2.17. The number of nitrogen functional groups attached to an aromatic ring is 1. The van der Waals surface area contributed by atoms with Crippen LogP contribution in [0, 0.1) is 0 Å². The second kappa shape index (κ2) is 7.20. The Labute approximate surface area is 163 Å². The monoisotopic (exact) mass is 393 g/mol. The molecule has 3 aromatic heterocycles. The van der Waals surface area contributed by atoms with Crippen molar-refractivity contribution in [1.82, 2.24) is 19.6 Å². The fourth-order valence-corrected chi connectivity index (χ4v) is 3.56. The Kier molecular flexibility index (Phi) is 4.58. The van der Waals surface area contributed by atoms with Gasteiger partial charge in [0.05, 0.1) is 12.2 Å². The van der Waals surface area contributed by atoms with Gasteiger partial charge in [0.15, 0.2) is 5.76 Å². The first-order valence-electron chi connectivity index (χ1n) is 8.45. The van der Waals surface area contributed by atoms with E-state index in [9.17, 15) is 9.59 Å². The number of hydrogen-bond acceptors (Lipinski definition) is 8. The minimum absolute atomic E-state index is 0.172. The molecule has 1 aliphatic rings. The maximum absolute atomic E-state index is 12.5. The van der Waals surface area contributed by atoms with Gasteiger partial charge in [-0.25, -0.2) is 0 Å². The Balaban J connectivity index is 1.81. The molecule has 28 heavy (non-hydrogen) atoms. The normalized spacial score (nSPS) is 15.2. The van der Waals surface area contributed by atoms with Gasteiger partial charge in [-0.3, -0.25) is 14.6 Å². The minimum Gasteiger partial charge on any atom is -0.490 e. The van der Waals surface area contributed by atoms with Gasteiger partial charge in [0, 0.05) is 18.0 Å². The number of nitrogens with two attached hydrogens (primary N) is 1. The molecule has 0 spiro atoms. The third kappa shape index (κ3) is 3.23. The van der Waals surface area contributed by atoms with Crippen LogP contribution >= 0.6 is 11.3 Å². The summed E-state index contributed by atoms with van der Waals surface area (Å²) in [6, 6.07) is 3.67. The molecule has 0 saturated carbocycles. The van der Waals surface area contributed by atoms with Crippen LogP contribution in [0.5, 0.6) is 0 Å². The summed E-state index contributed by atoms with van der Waals surface area (Å²) in [6.45, 7) is 2.16. The van der Waals surface area contributed by atoms with E-state index in [2.05, 4.69) is 15.1 Å². The first kappa shape index (κ1) is 17.8. The number of fused-ring (bicyclic) bond motifs is 1. The first-order valence-corrected chi connectivity index (χ1v) is 9.27. The molecule has 0 aliphatic heterocycles. The maximum atomic E-state index is 12.5. The van der Waals surface area contributed by atoms with Crippen LogP contribution in [0.2, 0.25) is 0 Å². The van der Waals surface area contributed by atoms with Gasteiger partial charge in [-0.1, -0.05) is 17.4 Å². The number of ether oxygens (including phenoxy) is 1. The maximum Gasteiger partial charge on any atom is 0.283 e. The molecule has 0 atom stereocenters. The van der Waals surface area contributed by atoms with Crippen molar-refractivity contribution in [1.29, 1.82) is 0 Å². The Morgan fingerprint density at radius 1 is 1.32 bits per heavy atom. The minimum atomic E-state index is -0.469. The summed E-state index contributed by atoms with van der Waals surface area (Å²) in [6.07, 6.45) is 9.48. The highest BCUT2D eigenvalue weighted by molar-refractivity contribution is 7.19. The topological polar surface area (TPSA) is 112 Å². The molecule has 0 saturated heterocycles. The van der Waals surface area contributed by atoms with Gasteiger partial charge in [-0.05, 0) is 42.9 Å². The molecule has 0 amide bonds. The zero-order valence-electron chi connectivity index (χ0n) is 14.8. The summed E-state index contributed by atoms with van der Waals surface area (Å²) in [4.78, 5) is 32.9. The van der Waals surface area contributed by atoms with E-state index in [-0.39, 0.29) is 22.9 Å². The van der Waals surface area contributed by atoms with Crippen molar-refractivity contribution >= 4 is 34.0 Å². The van der Waals surface area contributed by atoms with E-state index in [0.29, 0.717) is 22.1 Å². The van der Waals surface area contributed by atoms with E-state index in [1.165, 1.54) is 21.9 Å². The summed E-state index contributed by atoms with van der Waals surface area (Å²) < 4.78 is 6.75. The average molecular weight is 393 g/mol. The van der Waals surface area contributed by atoms with Crippen LogP contribution in [-0.4, -0.2) is 32.0 Å². The summed E-state index contributed by atoms with van der Waals surface area (Å²) in [5, 5.41) is 5.11. The number of anilines is 1. The number of rotatable bonds is 4. The van der Waals surface area contributed by atoms with E-state index < -0.39 is 5.56 Å². The van der Waals surface area contributed by atoms with Crippen molar-refractivity contribution in [3.63, 3.8) is 0 Å². The highest BCUT2D eigenvalue weighted by Gasteiger charge is 2.16. The Morgan fingerprint density at radius 2 is 2.18 bits per heavy atom. The highest BCUT2D eigenvalue weighted by atomic mass is 32.1. The zero-order chi connectivity index (χ0) is 19.7. The van der Waals surface area contributed by atoms with E-state index in [1.54, 1.807) is 43.6 Å².